The molecule has 3 aromatic carbocycles. The molecule has 3 aromatic rings. The maximum atomic E-state index is 13.0. The van der Waals surface area contributed by atoms with Gasteiger partial charge in [0.25, 0.3) is 0 Å². The van der Waals surface area contributed by atoms with Gasteiger partial charge in [0.2, 0.25) is 0 Å². The number of benzene rings is 3. The van der Waals surface area contributed by atoms with E-state index in [1.807, 2.05) is 30.3 Å². The van der Waals surface area contributed by atoms with Crippen molar-refractivity contribution in [1.82, 2.24) is 0 Å². The van der Waals surface area contributed by atoms with Crippen LogP contribution in [0.2, 0.25) is 0 Å². The van der Waals surface area contributed by atoms with E-state index in [9.17, 15) is 14.4 Å². The Balaban J connectivity index is 1.85. The quantitative estimate of drug-likeness (QED) is 0.380. The maximum Gasteiger partial charge on any atom is 0.318 e. The summed E-state index contributed by atoms with van der Waals surface area (Å²) in [5, 5.41) is 18.1. The van der Waals surface area contributed by atoms with Gasteiger partial charge in [-0.25, -0.2) is 0 Å². The van der Waals surface area contributed by atoms with Gasteiger partial charge >= 0.3 is 11.9 Å². The van der Waals surface area contributed by atoms with Crippen molar-refractivity contribution in [3.63, 3.8) is 0 Å². The van der Waals surface area contributed by atoms with Crippen molar-refractivity contribution < 1.29 is 24.6 Å². The molecule has 1 atom stereocenters. The highest BCUT2D eigenvalue weighted by Gasteiger charge is 2.31. The summed E-state index contributed by atoms with van der Waals surface area (Å²) in [4.78, 5) is 35.2. The monoisotopic (exact) mass is 417 g/mol. The number of carbonyl (C=O) groups is 3. The molecule has 31 heavy (non-hydrogen) atoms. The van der Waals surface area contributed by atoms with Crippen molar-refractivity contribution in [3.05, 3.63) is 95.6 Å². The summed E-state index contributed by atoms with van der Waals surface area (Å²) in [6.45, 7) is 1.68. The Kier molecular flexibility index (Phi) is 6.32. The lowest BCUT2D eigenvalue weighted by atomic mass is 9.84. The van der Waals surface area contributed by atoms with E-state index in [1.54, 1.807) is 55.5 Å². The molecule has 0 aliphatic heterocycles. The van der Waals surface area contributed by atoms with E-state index < -0.39 is 23.4 Å². The highest BCUT2D eigenvalue weighted by atomic mass is 16.4. The zero-order chi connectivity index (χ0) is 22.6. The van der Waals surface area contributed by atoms with Crippen LogP contribution in [0.3, 0.4) is 0 Å². The molecule has 0 aromatic heterocycles. The van der Waals surface area contributed by atoms with Crippen molar-refractivity contribution in [2.24, 2.45) is 11.7 Å². The van der Waals surface area contributed by atoms with Gasteiger partial charge in [0.15, 0.2) is 11.7 Å². The van der Waals surface area contributed by atoms with Crippen LogP contribution in [0.15, 0.2) is 78.9 Å². The van der Waals surface area contributed by atoms with Crippen molar-refractivity contribution in [2.45, 2.75) is 18.9 Å². The minimum absolute atomic E-state index is 0.0998. The van der Waals surface area contributed by atoms with E-state index in [0.29, 0.717) is 16.7 Å². The van der Waals surface area contributed by atoms with Crippen molar-refractivity contribution in [2.75, 3.05) is 0 Å². The lowest BCUT2D eigenvalue weighted by Gasteiger charge is -2.24. The zero-order valence-electron chi connectivity index (χ0n) is 17.0. The normalized spacial score (nSPS) is 12.9. The van der Waals surface area contributed by atoms with Crippen LogP contribution in [0.1, 0.15) is 28.4 Å². The minimum atomic E-state index is -1.49. The molecule has 0 amide bonds. The molecule has 0 saturated heterocycles. The first-order valence-electron chi connectivity index (χ1n) is 9.74. The molecule has 1 unspecified atom stereocenters. The van der Waals surface area contributed by atoms with Crippen molar-refractivity contribution in [1.29, 1.82) is 0 Å². The Morgan fingerprint density at radius 1 is 0.839 bits per heavy atom. The zero-order valence-corrected chi connectivity index (χ0v) is 17.0. The number of hydrogen-bond acceptors (Lipinski definition) is 4. The first kappa shape index (κ1) is 21.9. The first-order valence-corrected chi connectivity index (χ1v) is 9.74. The van der Waals surface area contributed by atoms with Gasteiger partial charge in [-0.15, -0.1) is 0 Å². The summed E-state index contributed by atoms with van der Waals surface area (Å²) in [7, 11) is 0. The third kappa shape index (κ3) is 4.87. The van der Waals surface area contributed by atoms with Gasteiger partial charge in [-0.3, -0.25) is 14.4 Å². The second kappa shape index (κ2) is 8.93. The fourth-order valence-corrected chi connectivity index (χ4v) is 3.39. The van der Waals surface area contributed by atoms with Gasteiger partial charge in [-0.05, 0) is 41.7 Å². The van der Waals surface area contributed by atoms with E-state index in [4.69, 9.17) is 15.9 Å². The maximum absolute atomic E-state index is 13.0. The number of carboxylic acids is 2. The number of ketones is 1. The lowest BCUT2D eigenvalue weighted by molar-refractivity contribution is -0.154. The number of carbonyl (C=O) groups excluding carboxylic acids is 1. The molecule has 6 heteroatoms. The molecule has 6 nitrogen and oxygen atoms in total. The number of rotatable bonds is 8. The van der Waals surface area contributed by atoms with E-state index >= 15 is 0 Å². The molecule has 0 bridgehead atoms. The molecule has 0 spiro atoms. The van der Waals surface area contributed by atoms with Gasteiger partial charge < -0.3 is 15.9 Å². The Labute approximate surface area is 180 Å². The highest BCUT2D eigenvalue weighted by molar-refractivity contribution is 6.03. The van der Waals surface area contributed by atoms with E-state index in [2.05, 4.69) is 0 Å². The van der Waals surface area contributed by atoms with Crippen LogP contribution >= 0.6 is 0 Å². The molecular formula is C25H23NO5. The topological polar surface area (TPSA) is 118 Å². The third-order valence-corrected chi connectivity index (χ3v) is 5.29. The number of carboxylic acid groups (broad SMARTS) is 2. The average Bonchev–Trinajstić information content (AvgIpc) is 2.77. The van der Waals surface area contributed by atoms with Crippen LogP contribution in [-0.2, 0) is 21.5 Å². The van der Waals surface area contributed by atoms with E-state index in [1.165, 1.54) is 0 Å². The number of Topliss-reactive ketones (excluding diaryl/α,β-unsaturated/α-hetero) is 1. The second-order valence-corrected chi connectivity index (χ2v) is 7.61. The Hall–Kier alpha value is -3.77. The predicted octanol–water partition coefficient (Wildman–Crippen LogP) is 3.74. The van der Waals surface area contributed by atoms with Crippen LogP contribution < -0.4 is 5.73 Å². The Morgan fingerprint density at radius 2 is 1.45 bits per heavy atom. The van der Waals surface area contributed by atoms with Gasteiger partial charge in [-0.1, -0.05) is 72.8 Å². The summed E-state index contributed by atoms with van der Waals surface area (Å²) in [5.41, 5.74) is 8.72. The molecule has 0 saturated carbocycles. The van der Waals surface area contributed by atoms with Crippen LogP contribution in [0.5, 0.6) is 0 Å². The fourth-order valence-electron chi connectivity index (χ4n) is 3.39. The van der Waals surface area contributed by atoms with Crippen LogP contribution in [-0.4, -0.2) is 27.9 Å². The number of nitrogens with two attached hydrogens (primary N) is 1. The van der Waals surface area contributed by atoms with Crippen LogP contribution in [0.4, 0.5) is 0 Å². The molecule has 0 fully saturated rings. The molecule has 0 aliphatic carbocycles. The molecular weight excluding hydrogens is 394 g/mol. The van der Waals surface area contributed by atoms with Gasteiger partial charge in [-0.2, -0.15) is 0 Å². The van der Waals surface area contributed by atoms with Crippen LogP contribution in [0.25, 0.3) is 11.1 Å². The Morgan fingerprint density at radius 3 is 2.03 bits per heavy atom. The third-order valence-electron chi connectivity index (χ3n) is 5.29. The smallest absolute Gasteiger partial charge is 0.318 e. The highest BCUT2D eigenvalue weighted by Crippen LogP contribution is 2.28. The summed E-state index contributed by atoms with van der Waals surface area (Å²) in [5.74, 6) is -4.41. The Bertz CT molecular complexity index is 1090. The predicted molar refractivity (Wildman–Crippen MR) is 117 cm³/mol. The largest absolute Gasteiger partial charge is 0.481 e. The standard InChI is InChI=1S/C25H23NO5/c1-25(26,22(27)18-6-3-2-4-7-18)20-9-5-8-19(15-20)17-12-10-16(11-13-17)14-21(23(28)29)24(30)31/h2-13,15,21H,14,26H2,1H3,(H,28,29)(H,30,31). The van der Waals surface area contributed by atoms with Gasteiger partial charge in [0.1, 0.15) is 5.54 Å². The number of aliphatic carboxylic acids is 2. The summed E-state index contributed by atoms with van der Waals surface area (Å²) in [6.07, 6.45) is -0.0998. The first-order chi connectivity index (χ1) is 14.7. The molecule has 0 radical (unpaired) electrons. The SMILES string of the molecule is CC(N)(C(=O)c1ccccc1)c1cccc(-c2ccc(CC(C(=O)O)C(=O)O)cc2)c1. The lowest BCUT2D eigenvalue weighted by Crippen LogP contribution is -2.41. The summed E-state index contributed by atoms with van der Waals surface area (Å²) >= 11 is 0. The average molecular weight is 417 g/mol. The number of hydrogen-bond donors (Lipinski definition) is 3. The van der Waals surface area contributed by atoms with Crippen molar-refractivity contribution >= 4 is 17.7 Å². The molecule has 0 heterocycles. The fraction of sp³-hybridized carbons (Fsp3) is 0.160. The van der Waals surface area contributed by atoms with Gasteiger partial charge in [0, 0.05) is 5.56 Å². The van der Waals surface area contributed by atoms with E-state index in [-0.39, 0.29) is 12.2 Å². The summed E-state index contributed by atoms with van der Waals surface area (Å²) < 4.78 is 0. The second-order valence-electron chi connectivity index (χ2n) is 7.61. The molecule has 158 valence electrons. The molecule has 0 aliphatic rings. The molecule has 4 N–H and O–H groups in total. The summed E-state index contributed by atoms with van der Waals surface area (Å²) in [6, 6.07) is 23.3. The van der Waals surface area contributed by atoms with Crippen molar-refractivity contribution in [3.8, 4) is 11.1 Å². The minimum Gasteiger partial charge on any atom is -0.481 e. The van der Waals surface area contributed by atoms with E-state index in [0.717, 1.165) is 11.1 Å². The van der Waals surface area contributed by atoms with Crippen LogP contribution in [0, 0.1) is 5.92 Å². The van der Waals surface area contributed by atoms with Gasteiger partial charge in [0.05, 0.1) is 0 Å². The molecule has 3 rings (SSSR count).